The molecule has 0 atom stereocenters. The molecular formula is C14H10ClFN4. The first kappa shape index (κ1) is 12.6. The summed E-state index contributed by atoms with van der Waals surface area (Å²) < 4.78 is 13.2. The summed E-state index contributed by atoms with van der Waals surface area (Å²) in [7, 11) is 0. The van der Waals surface area contributed by atoms with E-state index in [1.54, 1.807) is 12.3 Å². The lowest BCUT2D eigenvalue weighted by Gasteiger charge is -2.06. The average Bonchev–Trinajstić information content (AvgIpc) is 2.82. The van der Waals surface area contributed by atoms with Gasteiger partial charge in [0, 0.05) is 11.8 Å². The Kier molecular flexibility index (Phi) is 3.12. The highest BCUT2D eigenvalue weighted by molar-refractivity contribution is 6.33. The molecule has 0 spiro atoms. The van der Waals surface area contributed by atoms with E-state index in [4.69, 9.17) is 17.3 Å². The zero-order valence-electron chi connectivity index (χ0n) is 10.3. The molecule has 0 aliphatic rings. The van der Waals surface area contributed by atoms with Crippen LogP contribution in [0.5, 0.6) is 0 Å². The maximum Gasteiger partial charge on any atom is 0.153 e. The van der Waals surface area contributed by atoms with Crippen molar-refractivity contribution in [3.05, 3.63) is 53.4 Å². The van der Waals surface area contributed by atoms with Gasteiger partial charge in [-0.3, -0.25) is 10.1 Å². The second-order valence-corrected chi connectivity index (χ2v) is 4.61. The molecule has 0 aliphatic carbocycles. The molecule has 3 N–H and O–H groups in total. The lowest BCUT2D eigenvalue weighted by molar-refractivity contribution is 0.628. The molecule has 0 bridgehead atoms. The normalized spacial score (nSPS) is 10.7. The first-order valence-electron chi connectivity index (χ1n) is 5.87. The molecule has 1 aromatic carbocycles. The highest BCUT2D eigenvalue weighted by Crippen LogP contribution is 2.37. The second kappa shape index (κ2) is 4.94. The van der Waals surface area contributed by atoms with E-state index < -0.39 is 5.82 Å². The molecule has 0 radical (unpaired) electrons. The number of nitrogens with two attached hydrogens (primary N) is 1. The molecule has 0 fully saturated rings. The Labute approximate surface area is 119 Å². The van der Waals surface area contributed by atoms with Gasteiger partial charge in [-0.25, -0.2) is 4.39 Å². The number of nitrogens with zero attached hydrogens (tertiary/aromatic N) is 2. The third-order valence-electron chi connectivity index (χ3n) is 2.92. The highest BCUT2D eigenvalue weighted by atomic mass is 35.5. The number of anilines is 1. The summed E-state index contributed by atoms with van der Waals surface area (Å²) in [5.74, 6) is -0.112. The fourth-order valence-electron chi connectivity index (χ4n) is 2.02. The quantitative estimate of drug-likeness (QED) is 0.758. The zero-order valence-corrected chi connectivity index (χ0v) is 11.0. The van der Waals surface area contributed by atoms with Gasteiger partial charge in [0.05, 0.1) is 22.0 Å². The molecule has 3 rings (SSSR count). The Morgan fingerprint density at radius 2 is 2.05 bits per heavy atom. The van der Waals surface area contributed by atoms with Gasteiger partial charge in [0.2, 0.25) is 0 Å². The van der Waals surface area contributed by atoms with Crippen LogP contribution in [-0.2, 0) is 0 Å². The van der Waals surface area contributed by atoms with Crippen molar-refractivity contribution in [1.82, 2.24) is 15.2 Å². The van der Waals surface area contributed by atoms with Crippen molar-refractivity contribution >= 4 is 17.4 Å². The van der Waals surface area contributed by atoms with Crippen LogP contribution < -0.4 is 5.73 Å². The SMILES string of the molecule is Nc1n[nH]c(-c2ccccn2)c1-c1ccc(F)cc1Cl. The summed E-state index contributed by atoms with van der Waals surface area (Å²) in [5, 5.41) is 7.11. The first-order chi connectivity index (χ1) is 9.66. The number of aromatic nitrogens is 3. The molecule has 2 aromatic heterocycles. The van der Waals surface area contributed by atoms with Gasteiger partial charge in [-0.15, -0.1) is 0 Å². The Morgan fingerprint density at radius 1 is 1.20 bits per heavy atom. The van der Waals surface area contributed by atoms with Gasteiger partial charge in [0.15, 0.2) is 5.82 Å². The predicted molar refractivity (Wildman–Crippen MR) is 76.6 cm³/mol. The van der Waals surface area contributed by atoms with Crippen molar-refractivity contribution in [3.63, 3.8) is 0 Å². The molecule has 0 aliphatic heterocycles. The third kappa shape index (κ3) is 2.12. The molecule has 4 nitrogen and oxygen atoms in total. The Hall–Kier alpha value is -2.40. The van der Waals surface area contributed by atoms with E-state index in [1.165, 1.54) is 12.1 Å². The number of hydrogen-bond donors (Lipinski definition) is 2. The highest BCUT2D eigenvalue weighted by Gasteiger charge is 2.18. The summed E-state index contributed by atoms with van der Waals surface area (Å²) >= 11 is 6.09. The first-order valence-corrected chi connectivity index (χ1v) is 6.25. The largest absolute Gasteiger partial charge is 0.382 e. The Balaban J connectivity index is 2.22. The maximum absolute atomic E-state index is 13.2. The van der Waals surface area contributed by atoms with Crippen LogP contribution in [0.15, 0.2) is 42.6 Å². The Morgan fingerprint density at radius 3 is 2.75 bits per heavy atom. The van der Waals surface area contributed by atoms with E-state index in [9.17, 15) is 4.39 Å². The molecule has 0 amide bonds. The lowest BCUT2D eigenvalue weighted by atomic mass is 10.0. The number of nitrogen functional groups attached to an aromatic ring is 1. The molecule has 6 heteroatoms. The fourth-order valence-corrected chi connectivity index (χ4v) is 2.28. The van der Waals surface area contributed by atoms with E-state index in [0.717, 1.165) is 0 Å². The molecule has 0 saturated heterocycles. The van der Waals surface area contributed by atoms with E-state index in [1.807, 2.05) is 18.2 Å². The van der Waals surface area contributed by atoms with Crippen molar-refractivity contribution in [3.8, 4) is 22.5 Å². The number of pyridine rings is 1. The van der Waals surface area contributed by atoms with Crippen LogP contribution in [0.2, 0.25) is 5.02 Å². The minimum Gasteiger partial charge on any atom is -0.382 e. The molecule has 0 saturated carbocycles. The van der Waals surface area contributed by atoms with E-state index in [2.05, 4.69) is 15.2 Å². The molecular weight excluding hydrogens is 279 g/mol. The van der Waals surface area contributed by atoms with Crippen LogP contribution in [0.4, 0.5) is 10.2 Å². The smallest absolute Gasteiger partial charge is 0.153 e. The van der Waals surface area contributed by atoms with Crippen LogP contribution in [-0.4, -0.2) is 15.2 Å². The minimum absolute atomic E-state index is 0.273. The minimum atomic E-state index is -0.403. The van der Waals surface area contributed by atoms with Crippen molar-refractivity contribution in [2.75, 3.05) is 5.73 Å². The summed E-state index contributed by atoms with van der Waals surface area (Å²) in [5.41, 5.74) is 8.46. The molecule has 3 aromatic rings. The van der Waals surface area contributed by atoms with Crippen molar-refractivity contribution in [1.29, 1.82) is 0 Å². The van der Waals surface area contributed by atoms with Crippen LogP contribution in [0, 0.1) is 5.82 Å². The van der Waals surface area contributed by atoms with Gasteiger partial charge in [0.25, 0.3) is 0 Å². The van der Waals surface area contributed by atoms with Crippen LogP contribution >= 0.6 is 11.6 Å². The monoisotopic (exact) mass is 288 g/mol. The van der Waals surface area contributed by atoms with E-state index in [0.29, 0.717) is 28.3 Å². The van der Waals surface area contributed by atoms with Gasteiger partial charge in [0.1, 0.15) is 5.82 Å². The third-order valence-corrected chi connectivity index (χ3v) is 3.23. The van der Waals surface area contributed by atoms with Gasteiger partial charge in [-0.1, -0.05) is 17.7 Å². The summed E-state index contributed by atoms with van der Waals surface area (Å²) in [6.07, 6.45) is 1.67. The van der Waals surface area contributed by atoms with Gasteiger partial charge in [-0.05, 0) is 30.3 Å². The lowest BCUT2D eigenvalue weighted by Crippen LogP contribution is -1.91. The molecule has 20 heavy (non-hydrogen) atoms. The summed E-state index contributed by atoms with van der Waals surface area (Å²) in [6, 6.07) is 9.64. The predicted octanol–water partition coefficient (Wildman–Crippen LogP) is 3.51. The van der Waals surface area contributed by atoms with Gasteiger partial charge in [-0.2, -0.15) is 5.10 Å². The maximum atomic E-state index is 13.2. The van der Waals surface area contributed by atoms with Crippen LogP contribution in [0.25, 0.3) is 22.5 Å². The number of nitrogens with one attached hydrogen (secondary N) is 1. The molecule has 100 valence electrons. The van der Waals surface area contributed by atoms with Crippen molar-refractivity contribution in [2.24, 2.45) is 0 Å². The number of hydrogen-bond acceptors (Lipinski definition) is 3. The number of rotatable bonds is 2. The summed E-state index contributed by atoms with van der Waals surface area (Å²) in [4.78, 5) is 4.25. The number of H-pyrrole nitrogens is 1. The number of halogens is 2. The zero-order chi connectivity index (χ0) is 14.1. The van der Waals surface area contributed by atoms with Crippen LogP contribution in [0.1, 0.15) is 0 Å². The second-order valence-electron chi connectivity index (χ2n) is 4.20. The van der Waals surface area contributed by atoms with E-state index in [-0.39, 0.29) is 5.02 Å². The van der Waals surface area contributed by atoms with Crippen molar-refractivity contribution in [2.45, 2.75) is 0 Å². The van der Waals surface area contributed by atoms with Gasteiger partial charge < -0.3 is 5.73 Å². The van der Waals surface area contributed by atoms with Crippen LogP contribution in [0.3, 0.4) is 0 Å². The number of aromatic amines is 1. The van der Waals surface area contributed by atoms with E-state index >= 15 is 0 Å². The van der Waals surface area contributed by atoms with Gasteiger partial charge >= 0.3 is 0 Å². The summed E-state index contributed by atoms with van der Waals surface area (Å²) in [6.45, 7) is 0. The molecule has 2 heterocycles. The number of benzene rings is 1. The van der Waals surface area contributed by atoms with Crippen molar-refractivity contribution < 1.29 is 4.39 Å². The molecule has 0 unspecified atom stereocenters. The topological polar surface area (TPSA) is 67.6 Å². The fraction of sp³-hybridized carbons (Fsp3) is 0. The average molecular weight is 289 g/mol. The standard InChI is InChI=1S/C14H10ClFN4/c15-10-7-8(16)4-5-9(10)12-13(19-20-14(12)17)11-3-1-2-6-18-11/h1-7H,(H3,17,19,20). The Bertz CT molecular complexity index is 755.